The minimum Gasteiger partial charge on any atom is -0.378 e. The van der Waals surface area contributed by atoms with Crippen LogP contribution in [0.3, 0.4) is 0 Å². The molecular formula is C11H20F3NO. The van der Waals surface area contributed by atoms with E-state index >= 15 is 0 Å². The predicted octanol–water partition coefficient (Wildman–Crippen LogP) is 2.88. The lowest BCUT2D eigenvalue weighted by Gasteiger charge is -2.35. The summed E-state index contributed by atoms with van der Waals surface area (Å²) >= 11 is 0. The molecular weight excluding hydrogens is 219 g/mol. The summed E-state index contributed by atoms with van der Waals surface area (Å²) in [5.41, 5.74) is 0. The highest BCUT2D eigenvalue weighted by Gasteiger charge is 2.29. The van der Waals surface area contributed by atoms with Gasteiger partial charge in [-0.25, -0.2) is 0 Å². The van der Waals surface area contributed by atoms with Gasteiger partial charge in [0.05, 0.1) is 6.10 Å². The van der Waals surface area contributed by atoms with Crippen LogP contribution in [0, 0.1) is 0 Å². The molecule has 0 bridgehead atoms. The summed E-state index contributed by atoms with van der Waals surface area (Å²) in [4.78, 5) is 0. The zero-order valence-electron chi connectivity index (χ0n) is 9.65. The van der Waals surface area contributed by atoms with E-state index in [1.165, 1.54) is 0 Å². The molecule has 0 aromatic heterocycles. The lowest BCUT2D eigenvalue weighted by molar-refractivity contribution is -0.135. The Morgan fingerprint density at radius 2 is 1.94 bits per heavy atom. The van der Waals surface area contributed by atoms with Gasteiger partial charge in [-0.1, -0.05) is 0 Å². The summed E-state index contributed by atoms with van der Waals surface area (Å²) in [6, 6.07) is 0.447. The minimum absolute atomic E-state index is 0.220. The summed E-state index contributed by atoms with van der Waals surface area (Å²) in [6.07, 6.45) is -1.51. The highest BCUT2D eigenvalue weighted by molar-refractivity contribution is 4.85. The predicted molar refractivity (Wildman–Crippen MR) is 56.3 cm³/mol. The molecule has 16 heavy (non-hydrogen) atoms. The van der Waals surface area contributed by atoms with Gasteiger partial charge in [-0.05, 0) is 39.2 Å². The van der Waals surface area contributed by atoms with Gasteiger partial charge in [0.15, 0.2) is 0 Å². The van der Waals surface area contributed by atoms with E-state index in [9.17, 15) is 13.2 Å². The zero-order chi connectivity index (χ0) is 12.0. The van der Waals surface area contributed by atoms with Crippen LogP contribution in [-0.4, -0.2) is 31.5 Å². The zero-order valence-corrected chi connectivity index (χ0v) is 9.65. The number of rotatable bonds is 7. The maximum Gasteiger partial charge on any atom is 0.389 e. The summed E-state index contributed by atoms with van der Waals surface area (Å²) in [7, 11) is 0. The van der Waals surface area contributed by atoms with Crippen molar-refractivity contribution in [2.75, 3.05) is 13.2 Å². The first-order valence-corrected chi connectivity index (χ1v) is 5.93. The van der Waals surface area contributed by atoms with Crippen molar-refractivity contribution in [2.45, 2.75) is 57.3 Å². The second-order valence-electron chi connectivity index (χ2n) is 4.27. The molecule has 0 aromatic carbocycles. The van der Waals surface area contributed by atoms with Crippen molar-refractivity contribution in [3.8, 4) is 0 Å². The van der Waals surface area contributed by atoms with Crippen molar-refractivity contribution < 1.29 is 17.9 Å². The van der Waals surface area contributed by atoms with E-state index < -0.39 is 12.6 Å². The molecule has 0 aromatic rings. The number of hydrogen-bond donors (Lipinski definition) is 1. The molecule has 96 valence electrons. The number of unbranched alkanes of at least 4 members (excludes halogenated alkanes) is 1. The molecule has 0 unspecified atom stereocenters. The third-order valence-electron chi connectivity index (χ3n) is 2.82. The van der Waals surface area contributed by atoms with Crippen molar-refractivity contribution in [1.29, 1.82) is 0 Å². The summed E-state index contributed by atoms with van der Waals surface area (Å²) in [5.74, 6) is 0. The smallest absolute Gasteiger partial charge is 0.378 e. The van der Waals surface area contributed by atoms with Gasteiger partial charge in [-0.2, -0.15) is 13.2 Å². The topological polar surface area (TPSA) is 21.3 Å². The maximum atomic E-state index is 11.8. The van der Waals surface area contributed by atoms with Gasteiger partial charge in [0.25, 0.3) is 0 Å². The molecule has 1 N–H and O–H groups in total. The molecule has 1 rings (SSSR count). The highest BCUT2D eigenvalue weighted by atomic mass is 19.4. The maximum absolute atomic E-state index is 11.8. The van der Waals surface area contributed by atoms with E-state index in [0.717, 1.165) is 19.4 Å². The Hall–Kier alpha value is -0.290. The van der Waals surface area contributed by atoms with Gasteiger partial charge in [0.1, 0.15) is 0 Å². The molecule has 5 heteroatoms. The Bertz CT molecular complexity index is 190. The standard InChI is InChI=1S/C11H20F3NO/c1-2-16-10-7-9(8-10)15-6-4-3-5-11(12,13)14/h9-10,15H,2-8H2,1H3. The van der Waals surface area contributed by atoms with Gasteiger partial charge >= 0.3 is 6.18 Å². The van der Waals surface area contributed by atoms with Crippen LogP contribution in [0.1, 0.15) is 39.0 Å². The summed E-state index contributed by atoms with van der Waals surface area (Å²) in [6.45, 7) is 3.39. The first kappa shape index (κ1) is 13.8. The molecule has 0 radical (unpaired) electrons. The van der Waals surface area contributed by atoms with E-state index in [1.807, 2.05) is 6.92 Å². The van der Waals surface area contributed by atoms with Crippen LogP contribution in [0.4, 0.5) is 13.2 Å². The second-order valence-corrected chi connectivity index (χ2v) is 4.27. The monoisotopic (exact) mass is 239 g/mol. The molecule has 2 nitrogen and oxygen atoms in total. The van der Waals surface area contributed by atoms with Crippen LogP contribution in [0.5, 0.6) is 0 Å². The fourth-order valence-corrected chi connectivity index (χ4v) is 1.86. The van der Waals surface area contributed by atoms with Crippen molar-refractivity contribution >= 4 is 0 Å². The van der Waals surface area contributed by atoms with E-state index in [-0.39, 0.29) is 6.42 Å². The first-order chi connectivity index (χ1) is 7.51. The average molecular weight is 239 g/mol. The Kier molecular flexibility index (Phi) is 5.55. The molecule has 0 heterocycles. The Labute approximate surface area is 94.5 Å². The van der Waals surface area contributed by atoms with Gasteiger partial charge in [0, 0.05) is 19.1 Å². The number of hydrogen-bond acceptors (Lipinski definition) is 2. The van der Waals surface area contributed by atoms with Crippen molar-refractivity contribution in [2.24, 2.45) is 0 Å². The van der Waals surface area contributed by atoms with Gasteiger partial charge in [0.2, 0.25) is 0 Å². The third kappa shape index (κ3) is 5.70. The number of ether oxygens (including phenoxy) is 1. The van der Waals surface area contributed by atoms with E-state index in [1.54, 1.807) is 0 Å². The molecule has 0 spiro atoms. The highest BCUT2D eigenvalue weighted by Crippen LogP contribution is 2.24. The van der Waals surface area contributed by atoms with Gasteiger partial charge in [-0.3, -0.25) is 0 Å². The van der Waals surface area contributed by atoms with Gasteiger partial charge < -0.3 is 10.1 Å². The van der Waals surface area contributed by atoms with E-state index in [4.69, 9.17) is 4.74 Å². The van der Waals surface area contributed by atoms with Gasteiger partial charge in [-0.15, -0.1) is 0 Å². The lowest BCUT2D eigenvalue weighted by atomic mass is 9.89. The molecule has 0 amide bonds. The molecule has 1 aliphatic carbocycles. The van der Waals surface area contributed by atoms with Crippen molar-refractivity contribution in [3.05, 3.63) is 0 Å². The third-order valence-corrected chi connectivity index (χ3v) is 2.82. The van der Waals surface area contributed by atoms with E-state index in [2.05, 4.69) is 5.32 Å². The number of nitrogens with one attached hydrogen (secondary N) is 1. The molecule has 0 saturated heterocycles. The van der Waals surface area contributed by atoms with E-state index in [0.29, 0.717) is 25.1 Å². The molecule has 0 atom stereocenters. The van der Waals surface area contributed by atoms with Crippen LogP contribution < -0.4 is 5.32 Å². The molecule has 1 fully saturated rings. The Morgan fingerprint density at radius 1 is 1.25 bits per heavy atom. The van der Waals surface area contributed by atoms with Crippen LogP contribution in [0.2, 0.25) is 0 Å². The second kappa shape index (κ2) is 6.45. The largest absolute Gasteiger partial charge is 0.389 e. The Morgan fingerprint density at radius 3 is 2.50 bits per heavy atom. The molecule has 1 aliphatic rings. The van der Waals surface area contributed by atoms with Crippen LogP contribution in [0.15, 0.2) is 0 Å². The Balaban J connectivity index is 1.86. The first-order valence-electron chi connectivity index (χ1n) is 5.93. The van der Waals surface area contributed by atoms with Crippen LogP contribution >= 0.6 is 0 Å². The number of halogens is 3. The number of alkyl halides is 3. The van der Waals surface area contributed by atoms with Crippen LogP contribution in [-0.2, 0) is 4.74 Å². The summed E-state index contributed by atoms with van der Waals surface area (Å²) < 4.78 is 40.8. The van der Waals surface area contributed by atoms with Crippen LogP contribution in [0.25, 0.3) is 0 Å². The molecule has 1 saturated carbocycles. The lowest BCUT2D eigenvalue weighted by Crippen LogP contribution is -2.45. The normalized spacial score (nSPS) is 25.5. The fourth-order valence-electron chi connectivity index (χ4n) is 1.86. The quantitative estimate of drug-likeness (QED) is 0.690. The summed E-state index contributed by atoms with van der Waals surface area (Å²) in [5, 5.41) is 3.25. The fraction of sp³-hybridized carbons (Fsp3) is 1.00. The van der Waals surface area contributed by atoms with Crippen molar-refractivity contribution in [1.82, 2.24) is 5.32 Å². The average Bonchev–Trinajstić information content (AvgIpc) is 2.11. The molecule has 0 aliphatic heterocycles. The van der Waals surface area contributed by atoms with Crippen molar-refractivity contribution in [3.63, 3.8) is 0 Å². The SMILES string of the molecule is CCOC1CC(NCCCCC(F)(F)F)C1. The minimum atomic E-state index is -4.00.